The molecular weight excluding hydrogens is 172 g/mol. The smallest absolute Gasteiger partial charge is 0.00676 e. The third kappa shape index (κ3) is 3.25. The van der Waals surface area contributed by atoms with Crippen molar-refractivity contribution in [3.8, 4) is 0 Å². The van der Waals surface area contributed by atoms with Crippen molar-refractivity contribution in [2.24, 2.45) is 5.92 Å². The molecule has 1 atom stereocenters. The zero-order valence-corrected chi connectivity index (χ0v) is 9.10. The molecule has 81 valence electrons. The molecule has 2 saturated heterocycles. The van der Waals surface area contributed by atoms with Crippen molar-refractivity contribution >= 4 is 0 Å². The summed E-state index contributed by atoms with van der Waals surface area (Å²) in [6, 6.07) is 0.827. The van der Waals surface area contributed by atoms with Crippen LogP contribution >= 0.6 is 0 Å². The molecule has 0 saturated carbocycles. The summed E-state index contributed by atoms with van der Waals surface area (Å²) < 4.78 is 0. The summed E-state index contributed by atoms with van der Waals surface area (Å²) in [5.41, 5.74) is 0. The molecule has 1 radical (unpaired) electrons. The van der Waals surface area contributed by atoms with Crippen LogP contribution in [-0.2, 0) is 0 Å². The number of piperidine rings is 1. The molecule has 2 aliphatic heterocycles. The van der Waals surface area contributed by atoms with E-state index in [-0.39, 0.29) is 0 Å². The molecule has 2 heterocycles. The second-order valence-electron chi connectivity index (χ2n) is 4.69. The van der Waals surface area contributed by atoms with Crippen LogP contribution < -0.4 is 10.6 Å². The summed E-state index contributed by atoms with van der Waals surface area (Å²) in [6.07, 6.45) is 10.8. The van der Waals surface area contributed by atoms with E-state index < -0.39 is 0 Å². The van der Waals surface area contributed by atoms with E-state index in [4.69, 9.17) is 0 Å². The molecule has 0 amide bonds. The van der Waals surface area contributed by atoms with Crippen LogP contribution in [0.3, 0.4) is 0 Å². The van der Waals surface area contributed by atoms with E-state index in [1.54, 1.807) is 0 Å². The first kappa shape index (κ1) is 10.4. The Kier molecular flexibility index (Phi) is 4.26. The predicted octanol–water partition coefficient (Wildman–Crippen LogP) is 1.72. The van der Waals surface area contributed by atoms with Crippen molar-refractivity contribution in [1.29, 1.82) is 0 Å². The van der Waals surface area contributed by atoms with Gasteiger partial charge in [0.15, 0.2) is 0 Å². The maximum Gasteiger partial charge on any atom is 0.00676 e. The number of hydrogen-bond acceptors (Lipinski definition) is 2. The molecule has 2 heteroatoms. The summed E-state index contributed by atoms with van der Waals surface area (Å²) in [7, 11) is 0. The molecule has 14 heavy (non-hydrogen) atoms. The van der Waals surface area contributed by atoms with Gasteiger partial charge in [0.1, 0.15) is 0 Å². The Morgan fingerprint density at radius 3 is 2.64 bits per heavy atom. The second-order valence-corrected chi connectivity index (χ2v) is 4.69. The Balaban J connectivity index is 1.52. The third-order valence-electron chi connectivity index (χ3n) is 3.56. The van der Waals surface area contributed by atoms with Crippen LogP contribution in [0.15, 0.2) is 0 Å². The first-order chi connectivity index (χ1) is 6.95. The van der Waals surface area contributed by atoms with Gasteiger partial charge in [-0.2, -0.15) is 0 Å². The maximum atomic E-state index is 3.56. The van der Waals surface area contributed by atoms with Crippen molar-refractivity contribution < 1.29 is 0 Å². The van der Waals surface area contributed by atoms with E-state index in [2.05, 4.69) is 17.1 Å². The van der Waals surface area contributed by atoms with Crippen molar-refractivity contribution in [2.75, 3.05) is 19.6 Å². The fourth-order valence-electron chi connectivity index (χ4n) is 2.62. The Labute approximate surface area is 87.8 Å². The highest BCUT2D eigenvalue weighted by Crippen LogP contribution is 2.19. The molecule has 1 unspecified atom stereocenters. The van der Waals surface area contributed by atoms with Crippen LogP contribution in [0.2, 0.25) is 0 Å². The zero-order valence-electron chi connectivity index (χ0n) is 9.10. The van der Waals surface area contributed by atoms with E-state index in [0.29, 0.717) is 0 Å². The molecular formula is C12H23N2. The third-order valence-corrected chi connectivity index (χ3v) is 3.56. The number of hydrogen-bond donors (Lipinski definition) is 2. The summed E-state index contributed by atoms with van der Waals surface area (Å²) in [5.74, 6) is 0.901. The molecule has 0 spiro atoms. The molecule has 2 rings (SSSR count). The Bertz CT molecular complexity index is 146. The lowest BCUT2D eigenvalue weighted by molar-refractivity contribution is 0.399. The van der Waals surface area contributed by atoms with E-state index in [0.717, 1.165) is 12.0 Å². The summed E-state index contributed by atoms with van der Waals surface area (Å²) in [5, 5.41) is 6.98. The number of nitrogens with one attached hydrogen (secondary N) is 2. The van der Waals surface area contributed by atoms with Crippen LogP contribution in [0.25, 0.3) is 0 Å². The van der Waals surface area contributed by atoms with Gasteiger partial charge in [-0.3, -0.25) is 0 Å². The Morgan fingerprint density at radius 2 is 1.93 bits per heavy atom. The van der Waals surface area contributed by atoms with Crippen molar-refractivity contribution in [2.45, 2.75) is 44.6 Å². The molecule has 2 N–H and O–H groups in total. The van der Waals surface area contributed by atoms with Gasteiger partial charge in [0.05, 0.1) is 0 Å². The number of rotatable bonds is 4. The van der Waals surface area contributed by atoms with Gasteiger partial charge < -0.3 is 10.6 Å². The van der Waals surface area contributed by atoms with Gasteiger partial charge in [-0.05, 0) is 70.5 Å². The van der Waals surface area contributed by atoms with E-state index in [9.17, 15) is 0 Å². The second kappa shape index (κ2) is 5.72. The van der Waals surface area contributed by atoms with Crippen LogP contribution in [0.5, 0.6) is 0 Å². The van der Waals surface area contributed by atoms with Gasteiger partial charge in [0, 0.05) is 6.04 Å². The van der Waals surface area contributed by atoms with Gasteiger partial charge in [0.2, 0.25) is 0 Å². The van der Waals surface area contributed by atoms with Crippen molar-refractivity contribution in [3.63, 3.8) is 0 Å². The molecule has 2 nitrogen and oxygen atoms in total. The Morgan fingerprint density at radius 1 is 1.07 bits per heavy atom. The topological polar surface area (TPSA) is 24.1 Å². The summed E-state index contributed by atoms with van der Waals surface area (Å²) >= 11 is 0. The first-order valence-corrected chi connectivity index (χ1v) is 6.22. The molecule has 0 aromatic heterocycles. The molecule has 2 fully saturated rings. The van der Waals surface area contributed by atoms with Crippen molar-refractivity contribution in [3.05, 3.63) is 6.42 Å². The van der Waals surface area contributed by atoms with E-state index in [1.807, 2.05) is 0 Å². The van der Waals surface area contributed by atoms with Gasteiger partial charge in [-0.25, -0.2) is 0 Å². The average Bonchev–Trinajstić information content (AvgIpc) is 2.72. The van der Waals surface area contributed by atoms with Crippen LogP contribution in [0.1, 0.15) is 38.5 Å². The summed E-state index contributed by atoms with van der Waals surface area (Å²) in [4.78, 5) is 0. The van der Waals surface area contributed by atoms with E-state index >= 15 is 0 Å². The normalized spacial score (nSPS) is 29.6. The minimum Gasteiger partial charge on any atom is -0.317 e. The maximum absolute atomic E-state index is 3.56. The first-order valence-electron chi connectivity index (χ1n) is 6.22. The lowest BCUT2D eigenvalue weighted by atomic mass is 9.91. The lowest BCUT2D eigenvalue weighted by Crippen LogP contribution is -2.28. The molecule has 0 aliphatic carbocycles. The monoisotopic (exact) mass is 195 g/mol. The SMILES string of the molecule is [CH](CCC1CCCN1)C1CCNCC1. The molecule has 0 aromatic carbocycles. The van der Waals surface area contributed by atoms with Crippen LogP contribution in [-0.4, -0.2) is 25.7 Å². The van der Waals surface area contributed by atoms with Crippen molar-refractivity contribution in [1.82, 2.24) is 10.6 Å². The molecule has 2 aliphatic rings. The highest BCUT2D eigenvalue weighted by atomic mass is 14.9. The lowest BCUT2D eigenvalue weighted by Gasteiger charge is -2.22. The van der Waals surface area contributed by atoms with Crippen LogP contribution in [0, 0.1) is 12.3 Å². The minimum absolute atomic E-state index is 0.827. The van der Waals surface area contributed by atoms with Crippen LogP contribution in [0.4, 0.5) is 0 Å². The standard InChI is InChI=1S/C12H23N2/c1(4-12-5-2-8-14-12)3-11-6-9-13-10-7-11/h3,11-14H,1-2,4-10H2. The highest BCUT2D eigenvalue weighted by Gasteiger charge is 2.16. The molecule has 0 aromatic rings. The van der Waals surface area contributed by atoms with E-state index in [1.165, 1.54) is 58.2 Å². The predicted molar refractivity (Wildman–Crippen MR) is 60.2 cm³/mol. The highest BCUT2D eigenvalue weighted by molar-refractivity contribution is 4.83. The fraction of sp³-hybridized carbons (Fsp3) is 0.917. The minimum atomic E-state index is 0.827. The fourth-order valence-corrected chi connectivity index (χ4v) is 2.62. The van der Waals surface area contributed by atoms with Gasteiger partial charge in [-0.1, -0.05) is 0 Å². The summed E-state index contributed by atoms with van der Waals surface area (Å²) in [6.45, 7) is 3.70. The average molecular weight is 195 g/mol. The Hall–Kier alpha value is -0.0800. The quantitative estimate of drug-likeness (QED) is 0.714. The zero-order chi connectivity index (χ0) is 9.64. The van der Waals surface area contributed by atoms with Gasteiger partial charge in [-0.15, -0.1) is 0 Å². The molecule has 0 bridgehead atoms. The largest absolute Gasteiger partial charge is 0.317 e. The van der Waals surface area contributed by atoms with Gasteiger partial charge in [0.25, 0.3) is 0 Å². The van der Waals surface area contributed by atoms with Gasteiger partial charge >= 0.3 is 0 Å².